The lowest BCUT2D eigenvalue weighted by Crippen LogP contribution is -2.52. The van der Waals surface area contributed by atoms with Crippen molar-refractivity contribution >= 4 is 11.8 Å². The summed E-state index contributed by atoms with van der Waals surface area (Å²) < 4.78 is 11.6. The Kier molecular flexibility index (Phi) is 11.3. The first-order valence-corrected chi connectivity index (χ1v) is 11.7. The van der Waals surface area contributed by atoms with E-state index < -0.39 is 0 Å². The summed E-state index contributed by atoms with van der Waals surface area (Å²) in [6.07, 6.45) is 3.41. The van der Waals surface area contributed by atoms with Crippen LogP contribution in [0.3, 0.4) is 0 Å². The fraction of sp³-hybridized carbons (Fsp3) is 0.917. The predicted molar refractivity (Wildman–Crippen MR) is 121 cm³/mol. The minimum Gasteiger partial charge on any atom is -0.379 e. The van der Waals surface area contributed by atoms with Crippen molar-refractivity contribution in [2.24, 2.45) is 17.8 Å². The van der Waals surface area contributed by atoms with Crippen molar-refractivity contribution < 1.29 is 19.1 Å². The van der Waals surface area contributed by atoms with Crippen LogP contribution in [0, 0.1) is 17.8 Å². The van der Waals surface area contributed by atoms with Crippen LogP contribution in [0.15, 0.2) is 0 Å². The van der Waals surface area contributed by atoms with E-state index in [1.54, 1.807) is 14.2 Å². The third kappa shape index (κ3) is 6.94. The zero-order valence-corrected chi connectivity index (χ0v) is 20.8. The average Bonchev–Trinajstić information content (AvgIpc) is 3.15. The molecule has 0 aromatic carbocycles. The first kappa shape index (κ1) is 26.9. The van der Waals surface area contributed by atoms with Gasteiger partial charge in [-0.15, -0.1) is 0 Å². The topological polar surface area (TPSA) is 59.1 Å². The molecule has 6 heteroatoms. The van der Waals surface area contributed by atoms with Crippen LogP contribution in [-0.4, -0.2) is 73.7 Å². The largest absolute Gasteiger partial charge is 0.379 e. The molecule has 0 spiro atoms. The second kappa shape index (κ2) is 12.7. The number of hydrogen-bond acceptors (Lipinski definition) is 4. The summed E-state index contributed by atoms with van der Waals surface area (Å²) in [7, 11) is 5.25. The van der Waals surface area contributed by atoms with E-state index in [2.05, 4.69) is 41.5 Å². The molecule has 1 fully saturated rings. The third-order valence-corrected chi connectivity index (χ3v) is 6.64. The van der Waals surface area contributed by atoms with Crippen molar-refractivity contribution in [1.82, 2.24) is 9.80 Å². The highest BCUT2D eigenvalue weighted by molar-refractivity contribution is 5.78. The summed E-state index contributed by atoms with van der Waals surface area (Å²) in [5, 5.41) is 0. The van der Waals surface area contributed by atoms with Gasteiger partial charge in [-0.2, -0.15) is 0 Å². The molecule has 1 aliphatic rings. The highest BCUT2D eigenvalue weighted by Crippen LogP contribution is 2.29. The van der Waals surface area contributed by atoms with Gasteiger partial charge in [0.15, 0.2) is 0 Å². The molecule has 5 atom stereocenters. The minimum atomic E-state index is -0.324. The molecule has 0 N–H and O–H groups in total. The van der Waals surface area contributed by atoms with Crippen LogP contribution in [0.4, 0.5) is 0 Å². The first-order chi connectivity index (χ1) is 14.1. The van der Waals surface area contributed by atoms with E-state index in [0.29, 0.717) is 18.3 Å². The van der Waals surface area contributed by atoms with E-state index in [1.165, 1.54) is 0 Å². The maximum Gasteiger partial charge on any atom is 0.225 e. The van der Waals surface area contributed by atoms with E-state index in [9.17, 15) is 9.59 Å². The van der Waals surface area contributed by atoms with Crippen molar-refractivity contribution in [2.45, 2.75) is 97.9 Å². The van der Waals surface area contributed by atoms with E-state index in [-0.39, 0.29) is 48.4 Å². The Morgan fingerprint density at radius 2 is 1.70 bits per heavy atom. The number of carbonyl (C=O) groups is 2. The molecule has 0 aromatic rings. The predicted octanol–water partition coefficient (Wildman–Crippen LogP) is 3.97. The Hall–Kier alpha value is -1.14. The number of rotatable bonds is 12. The molecule has 2 amide bonds. The maximum atomic E-state index is 13.3. The Morgan fingerprint density at radius 3 is 2.17 bits per heavy atom. The summed E-state index contributed by atoms with van der Waals surface area (Å²) in [6, 6.07) is -0.0121. The molecular weight excluding hydrogens is 380 g/mol. The second-order valence-corrected chi connectivity index (χ2v) is 9.70. The van der Waals surface area contributed by atoms with Crippen LogP contribution < -0.4 is 0 Å². The van der Waals surface area contributed by atoms with Gasteiger partial charge in [0, 0.05) is 34.2 Å². The summed E-state index contributed by atoms with van der Waals surface area (Å²) >= 11 is 0. The quantitative estimate of drug-likeness (QED) is 0.474. The molecule has 1 heterocycles. The summed E-state index contributed by atoms with van der Waals surface area (Å²) in [6.45, 7) is 13.4. The van der Waals surface area contributed by atoms with Crippen LogP contribution in [0.2, 0.25) is 0 Å². The normalized spacial score (nSPS) is 21.0. The number of methoxy groups -OCH3 is 2. The van der Waals surface area contributed by atoms with Crippen molar-refractivity contribution in [3.8, 4) is 0 Å². The number of nitrogens with zero attached hydrogens (tertiary/aromatic N) is 2. The molecule has 0 saturated carbocycles. The van der Waals surface area contributed by atoms with E-state index in [0.717, 1.165) is 25.8 Å². The maximum absolute atomic E-state index is 13.3. The average molecular weight is 427 g/mol. The molecule has 4 unspecified atom stereocenters. The molecule has 0 aliphatic carbocycles. The van der Waals surface area contributed by atoms with Crippen LogP contribution in [0.1, 0.15) is 73.6 Å². The fourth-order valence-corrected chi connectivity index (χ4v) is 4.85. The number of likely N-dealkylation sites (tertiary alicyclic amines) is 1. The lowest BCUT2D eigenvalue weighted by molar-refractivity contribution is -0.144. The molecule has 1 saturated heterocycles. The lowest BCUT2D eigenvalue weighted by Gasteiger charge is -2.39. The van der Waals surface area contributed by atoms with E-state index in [4.69, 9.17) is 9.47 Å². The van der Waals surface area contributed by atoms with Gasteiger partial charge < -0.3 is 19.3 Å². The number of ether oxygens (including phenoxy) is 2. The molecule has 0 radical (unpaired) electrons. The molecule has 1 rings (SSSR count). The number of amides is 2. The minimum absolute atomic E-state index is 0.0399. The Morgan fingerprint density at radius 1 is 1.07 bits per heavy atom. The smallest absolute Gasteiger partial charge is 0.225 e. The SMILES string of the molecule is CCC(C)C(C(CC(=O)N1CCC[C@H]1C(OC)C(C)C)OC)N(C)C(=O)CC(C)C. The van der Waals surface area contributed by atoms with Gasteiger partial charge in [0.25, 0.3) is 0 Å². The van der Waals surface area contributed by atoms with Crippen molar-refractivity contribution in [2.75, 3.05) is 27.8 Å². The molecule has 6 nitrogen and oxygen atoms in total. The number of hydrogen-bond donors (Lipinski definition) is 0. The van der Waals surface area contributed by atoms with Gasteiger partial charge in [0.1, 0.15) is 0 Å². The van der Waals surface area contributed by atoms with Crippen molar-refractivity contribution in [1.29, 1.82) is 0 Å². The molecule has 0 aromatic heterocycles. The highest BCUT2D eigenvalue weighted by atomic mass is 16.5. The third-order valence-electron chi connectivity index (χ3n) is 6.64. The van der Waals surface area contributed by atoms with Gasteiger partial charge in [-0.3, -0.25) is 9.59 Å². The zero-order valence-electron chi connectivity index (χ0n) is 20.8. The lowest BCUT2D eigenvalue weighted by atomic mass is 9.90. The molecular formula is C24H46N2O4. The molecule has 30 heavy (non-hydrogen) atoms. The van der Waals surface area contributed by atoms with Crippen LogP contribution >= 0.6 is 0 Å². The summed E-state index contributed by atoms with van der Waals surface area (Å²) in [4.78, 5) is 29.9. The Balaban J connectivity index is 3.01. The van der Waals surface area contributed by atoms with Gasteiger partial charge >= 0.3 is 0 Å². The van der Waals surface area contributed by atoms with Crippen molar-refractivity contribution in [3.05, 3.63) is 0 Å². The van der Waals surface area contributed by atoms with Gasteiger partial charge in [0.2, 0.25) is 11.8 Å². The zero-order chi connectivity index (χ0) is 23.0. The van der Waals surface area contributed by atoms with Crippen molar-refractivity contribution in [3.63, 3.8) is 0 Å². The Labute approximate surface area is 184 Å². The second-order valence-electron chi connectivity index (χ2n) is 9.70. The van der Waals surface area contributed by atoms with Crippen LogP contribution in [0.5, 0.6) is 0 Å². The van der Waals surface area contributed by atoms with E-state index >= 15 is 0 Å². The first-order valence-electron chi connectivity index (χ1n) is 11.7. The monoisotopic (exact) mass is 426 g/mol. The van der Waals surface area contributed by atoms with E-state index in [1.807, 2.05) is 16.8 Å². The molecule has 1 aliphatic heterocycles. The summed E-state index contributed by atoms with van der Waals surface area (Å²) in [5.74, 6) is 1.10. The fourth-order valence-electron chi connectivity index (χ4n) is 4.85. The van der Waals surface area contributed by atoms with Gasteiger partial charge in [-0.1, -0.05) is 48.0 Å². The van der Waals surface area contributed by atoms with Crippen LogP contribution in [-0.2, 0) is 19.1 Å². The number of carbonyl (C=O) groups excluding carboxylic acids is 2. The Bertz CT molecular complexity index is 537. The summed E-state index contributed by atoms with van der Waals surface area (Å²) in [5.41, 5.74) is 0. The highest BCUT2D eigenvalue weighted by Gasteiger charge is 2.39. The molecule has 176 valence electrons. The van der Waals surface area contributed by atoms with Crippen LogP contribution in [0.25, 0.3) is 0 Å². The van der Waals surface area contributed by atoms with Gasteiger partial charge in [-0.25, -0.2) is 0 Å². The van der Waals surface area contributed by atoms with Gasteiger partial charge in [0.05, 0.1) is 30.7 Å². The standard InChI is InChI=1S/C24H46N2O4/c1-10-18(6)23(25(7)21(27)14-16(2)3)20(29-8)15-22(28)26-13-11-12-19(26)24(30-9)17(4)5/h16-20,23-24H,10-15H2,1-9H3/t18?,19-,20?,23?,24?/m0/s1. The van der Waals surface area contributed by atoms with Gasteiger partial charge in [-0.05, 0) is 30.6 Å². The molecule has 0 bridgehead atoms. The number of likely N-dealkylation sites (N-methyl/N-ethyl adjacent to an activating group) is 1.